The minimum absolute atomic E-state index is 0.775. The van der Waals surface area contributed by atoms with Gasteiger partial charge in [-0.15, -0.1) is 0 Å². The number of aliphatic imine (C=N–C) groups is 1. The molecule has 134 valence electrons. The highest BCUT2D eigenvalue weighted by Gasteiger charge is 2.27. The molecule has 1 unspecified atom stereocenters. The van der Waals surface area contributed by atoms with Crippen molar-refractivity contribution in [2.45, 2.75) is 39.7 Å². The topological polar surface area (TPSA) is 48.7 Å². The molecule has 3 heterocycles. The van der Waals surface area contributed by atoms with E-state index < -0.39 is 0 Å². The van der Waals surface area contributed by atoms with Crippen LogP contribution >= 0.6 is 0 Å². The Balaban J connectivity index is 1.49. The van der Waals surface area contributed by atoms with Gasteiger partial charge in [0.2, 0.25) is 0 Å². The molecular weight excluding hydrogens is 300 g/mol. The van der Waals surface area contributed by atoms with E-state index in [1.807, 2.05) is 10.9 Å². The second-order valence-electron chi connectivity index (χ2n) is 7.12. The second kappa shape index (κ2) is 8.51. The lowest BCUT2D eigenvalue weighted by Crippen LogP contribution is -2.41. The van der Waals surface area contributed by atoms with E-state index in [4.69, 9.17) is 4.99 Å². The fraction of sp³-hybridized carbons (Fsp3) is 0.778. The van der Waals surface area contributed by atoms with Gasteiger partial charge in [0.15, 0.2) is 5.96 Å². The predicted octanol–water partition coefficient (Wildman–Crippen LogP) is 1.57. The number of likely N-dealkylation sites (tertiary alicyclic amines) is 2. The van der Waals surface area contributed by atoms with Crippen LogP contribution in [0, 0.1) is 12.8 Å². The van der Waals surface area contributed by atoms with Gasteiger partial charge in [-0.05, 0) is 57.7 Å². The van der Waals surface area contributed by atoms with Crippen LogP contribution in [0.2, 0.25) is 0 Å². The quantitative estimate of drug-likeness (QED) is 0.635. The van der Waals surface area contributed by atoms with Crippen LogP contribution in [-0.4, -0.2) is 71.4 Å². The highest BCUT2D eigenvalue weighted by Crippen LogP contribution is 2.20. The lowest BCUT2D eigenvalue weighted by atomic mass is 10.1. The summed E-state index contributed by atoms with van der Waals surface area (Å²) in [7, 11) is 0. The second-order valence-corrected chi connectivity index (χ2v) is 7.12. The number of hydrogen-bond acceptors (Lipinski definition) is 3. The minimum atomic E-state index is 0.775. The van der Waals surface area contributed by atoms with E-state index in [0.29, 0.717) is 0 Å². The molecule has 1 aromatic rings. The smallest absolute Gasteiger partial charge is 0.193 e. The zero-order chi connectivity index (χ0) is 16.8. The fourth-order valence-corrected chi connectivity index (χ4v) is 3.78. The van der Waals surface area contributed by atoms with E-state index in [9.17, 15) is 0 Å². The third-order valence-electron chi connectivity index (χ3n) is 4.99. The first-order valence-electron chi connectivity index (χ1n) is 9.49. The number of aryl methyl sites for hydroxylation is 1. The van der Waals surface area contributed by atoms with Gasteiger partial charge in [-0.1, -0.05) is 0 Å². The summed E-state index contributed by atoms with van der Waals surface area (Å²) in [5.41, 5.74) is 1.20. The lowest BCUT2D eigenvalue weighted by Gasteiger charge is -2.23. The molecule has 2 aliphatic rings. The Morgan fingerprint density at radius 2 is 2.17 bits per heavy atom. The van der Waals surface area contributed by atoms with Crippen molar-refractivity contribution in [3.63, 3.8) is 0 Å². The van der Waals surface area contributed by atoms with Crippen molar-refractivity contribution in [1.82, 2.24) is 24.9 Å². The van der Waals surface area contributed by atoms with Gasteiger partial charge in [-0.3, -0.25) is 9.67 Å². The van der Waals surface area contributed by atoms with Crippen LogP contribution in [0.15, 0.2) is 17.4 Å². The summed E-state index contributed by atoms with van der Waals surface area (Å²) in [6.07, 6.45) is 8.03. The molecule has 6 heteroatoms. The molecule has 0 aromatic carbocycles. The maximum atomic E-state index is 4.82. The van der Waals surface area contributed by atoms with Gasteiger partial charge in [0.1, 0.15) is 0 Å². The Hall–Kier alpha value is -1.56. The Morgan fingerprint density at radius 1 is 1.33 bits per heavy atom. The zero-order valence-corrected chi connectivity index (χ0v) is 15.2. The highest BCUT2D eigenvalue weighted by atomic mass is 15.3. The predicted molar refractivity (Wildman–Crippen MR) is 98.3 cm³/mol. The first-order chi connectivity index (χ1) is 11.7. The molecule has 1 aromatic heterocycles. The van der Waals surface area contributed by atoms with Crippen LogP contribution in [0.1, 0.15) is 31.7 Å². The fourth-order valence-electron chi connectivity index (χ4n) is 3.78. The molecule has 2 aliphatic heterocycles. The van der Waals surface area contributed by atoms with Crippen molar-refractivity contribution < 1.29 is 0 Å². The summed E-state index contributed by atoms with van der Waals surface area (Å²) >= 11 is 0. The van der Waals surface area contributed by atoms with Gasteiger partial charge in [-0.25, -0.2) is 0 Å². The number of guanidine groups is 1. The van der Waals surface area contributed by atoms with E-state index in [2.05, 4.69) is 40.3 Å². The molecule has 0 amide bonds. The van der Waals surface area contributed by atoms with Crippen molar-refractivity contribution in [3.05, 3.63) is 18.0 Å². The Kier molecular flexibility index (Phi) is 6.12. The summed E-state index contributed by atoms with van der Waals surface area (Å²) in [5.74, 6) is 1.87. The first-order valence-corrected chi connectivity index (χ1v) is 9.49. The Morgan fingerprint density at radius 3 is 2.88 bits per heavy atom. The van der Waals surface area contributed by atoms with Crippen LogP contribution in [0.5, 0.6) is 0 Å². The van der Waals surface area contributed by atoms with Crippen LogP contribution in [0.4, 0.5) is 0 Å². The summed E-state index contributed by atoms with van der Waals surface area (Å²) in [6, 6.07) is 0. The lowest BCUT2D eigenvalue weighted by molar-refractivity contribution is 0.281. The zero-order valence-electron chi connectivity index (χ0n) is 15.2. The molecular formula is C18H32N6. The van der Waals surface area contributed by atoms with Crippen LogP contribution < -0.4 is 5.32 Å². The van der Waals surface area contributed by atoms with Gasteiger partial charge in [0.25, 0.3) is 0 Å². The van der Waals surface area contributed by atoms with Crippen LogP contribution in [-0.2, 0) is 6.54 Å². The summed E-state index contributed by atoms with van der Waals surface area (Å²) < 4.78 is 1.97. The van der Waals surface area contributed by atoms with Crippen molar-refractivity contribution in [2.24, 2.45) is 10.9 Å². The summed E-state index contributed by atoms with van der Waals surface area (Å²) in [4.78, 5) is 9.90. The van der Waals surface area contributed by atoms with Gasteiger partial charge in [0, 0.05) is 32.4 Å². The van der Waals surface area contributed by atoms with E-state index in [0.717, 1.165) is 44.6 Å². The van der Waals surface area contributed by atoms with Crippen LogP contribution in [0.3, 0.4) is 0 Å². The molecule has 2 fully saturated rings. The number of nitrogens with zero attached hydrogens (tertiary/aromatic N) is 5. The number of hydrogen-bond donors (Lipinski definition) is 1. The van der Waals surface area contributed by atoms with Gasteiger partial charge < -0.3 is 15.1 Å². The molecule has 24 heavy (non-hydrogen) atoms. The average Bonchev–Trinajstić information content (AvgIpc) is 3.30. The molecule has 0 bridgehead atoms. The maximum Gasteiger partial charge on any atom is 0.193 e. The highest BCUT2D eigenvalue weighted by molar-refractivity contribution is 5.80. The van der Waals surface area contributed by atoms with Crippen molar-refractivity contribution in [2.75, 3.05) is 45.8 Å². The normalized spacial score (nSPS) is 22.5. The summed E-state index contributed by atoms with van der Waals surface area (Å²) in [6.45, 7) is 12.9. The standard InChI is InChI=1S/C18H32N6/c1-3-19-18(20-7-11-24-13-16(2)12-21-24)23-10-6-17(15-23)14-22-8-4-5-9-22/h12-13,17H,3-11,14-15H2,1-2H3,(H,19,20). The molecule has 0 aliphatic carbocycles. The first kappa shape index (κ1) is 17.3. The largest absolute Gasteiger partial charge is 0.357 e. The Labute approximate surface area is 145 Å². The average molecular weight is 332 g/mol. The third-order valence-corrected chi connectivity index (χ3v) is 4.99. The number of aromatic nitrogens is 2. The van der Waals surface area contributed by atoms with Crippen LogP contribution in [0.25, 0.3) is 0 Å². The van der Waals surface area contributed by atoms with E-state index >= 15 is 0 Å². The molecule has 1 atom stereocenters. The molecule has 1 N–H and O–H groups in total. The Bertz CT molecular complexity index is 531. The van der Waals surface area contributed by atoms with E-state index in [1.165, 1.54) is 44.5 Å². The van der Waals surface area contributed by atoms with Crippen molar-refractivity contribution >= 4 is 5.96 Å². The molecule has 0 radical (unpaired) electrons. The minimum Gasteiger partial charge on any atom is -0.357 e. The maximum absolute atomic E-state index is 4.82. The molecule has 0 saturated carbocycles. The SMILES string of the molecule is CCNC(=NCCn1cc(C)cn1)N1CCC(CN2CCCC2)C1. The van der Waals surface area contributed by atoms with Gasteiger partial charge >= 0.3 is 0 Å². The van der Waals surface area contributed by atoms with Crippen molar-refractivity contribution in [3.8, 4) is 0 Å². The summed E-state index contributed by atoms with van der Waals surface area (Å²) in [5, 5.41) is 7.80. The van der Waals surface area contributed by atoms with Gasteiger partial charge in [-0.2, -0.15) is 5.10 Å². The molecule has 3 rings (SSSR count). The van der Waals surface area contributed by atoms with Crippen molar-refractivity contribution in [1.29, 1.82) is 0 Å². The van der Waals surface area contributed by atoms with E-state index in [-0.39, 0.29) is 0 Å². The number of rotatable bonds is 6. The number of nitrogens with one attached hydrogen (secondary N) is 1. The monoisotopic (exact) mass is 332 g/mol. The van der Waals surface area contributed by atoms with E-state index in [1.54, 1.807) is 0 Å². The molecule has 6 nitrogen and oxygen atoms in total. The molecule has 0 spiro atoms. The van der Waals surface area contributed by atoms with Gasteiger partial charge in [0.05, 0.1) is 19.3 Å². The molecule has 2 saturated heterocycles. The third kappa shape index (κ3) is 4.72.